The van der Waals surface area contributed by atoms with Crippen molar-refractivity contribution in [1.29, 1.82) is 0 Å². The molecule has 0 radical (unpaired) electrons. The van der Waals surface area contributed by atoms with Crippen LogP contribution in [0.15, 0.2) is 17.5 Å². The molecule has 1 aliphatic rings. The Morgan fingerprint density at radius 2 is 2.41 bits per heavy atom. The van der Waals surface area contributed by atoms with E-state index in [0.717, 1.165) is 17.2 Å². The maximum absolute atomic E-state index is 10.9. The van der Waals surface area contributed by atoms with Gasteiger partial charge in [0.1, 0.15) is 0 Å². The van der Waals surface area contributed by atoms with Crippen molar-refractivity contribution < 1.29 is 9.90 Å². The van der Waals surface area contributed by atoms with Crippen molar-refractivity contribution in [2.45, 2.75) is 44.7 Å². The van der Waals surface area contributed by atoms with Crippen LogP contribution in [0.2, 0.25) is 0 Å². The molecule has 2 atom stereocenters. The topological polar surface area (TPSA) is 49.3 Å². The maximum atomic E-state index is 10.9. The fourth-order valence-corrected chi connectivity index (χ4v) is 3.04. The summed E-state index contributed by atoms with van der Waals surface area (Å²) in [4.78, 5) is 12.1. The van der Waals surface area contributed by atoms with E-state index in [1.807, 2.05) is 17.5 Å². The lowest BCUT2D eigenvalue weighted by atomic mass is 10.1. The predicted octanol–water partition coefficient (Wildman–Crippen LogP) is 3.04. The summed E-state index contributed by atoms with van der Waals surface area (Å²) >= 11 is 1.63. The Balaban J connectivity index is 2.01. The van der Waals surface area contributed by atoms with Crippen molar-refractivity contribution >= 4 is 17.3 Å². The number of carbonyl (C=O) groups is 1. The number of carboxylic acids is 1. The first-order valence-electron chi connectivity index (χ1n) is 6.22. The fourth-order valence-electron chi connectivity index (χ4n) is 2.25. The number of thiophene rings is 1. The first-order chi connectivity index (χ1) is 8.20. The predicted molar refractivity (Wildman–Crippen MR) is 69.3 cm³/mol. The second kappa shape index (κ2) is 5.65. The van der Waals surface area contributed by atoms with Crippen LogP contribution in [-0.2, 0) is 4.79 Å². The van der Waals surface area contributed by atoms with Gasteiger partial charge in [-0.15, -0.1) is 11.3 Å². The van der Waals surface area contributed by atoms with Crippen LogP contribution in [0.1, 0.15) is 43.5 Å². The maximum Gasteiger partial charge on any atom is 0.305 e. The molecule has 1 saturated carbocycles. The van der Waals surface area contributed by atoms with Gasteiger partial charge in [-0.1, -0.05) is 13.0 Å². The van der Waals surface area contributed by atoms with E-state index in [-0.39, 0.29) is 12.5 Å². The van der Waals surface area contributed by atoms with Crippen molar-refractivity contribution in [3.63, 3.8) is 0 Å². The number of carboxylic acid groups (broad SMARTS) is 1. The highest BCUT2D eigenvalue weighted by molar-refractivity contribution is 7.10. The van der Waals surface area contributed by atoms with Crippen LogP contribution in [0.3, 0.4) is 0 Å². The number of rotatable bonds is 7. The smallest absolute Gasteiger partial charge is 0.305 e. The molecule has 0 aromatic carbocycles. The van der Waals surface area contributed by atoms with E-state index in [4.69, 9.17) is 5.11 Å². The van der Waals surface area contributed by atoms with Crippen LogP contribution in [0.5, 0.6) is 0 Å². The first-order valence-corrected chi connectivity index (χ1v) is 7.10. The zero-order valence-electron chi connectivity index (χ0n) is 10.1. The van der Waals surface area contributed by atoms with Crippen LogP contribution in [-0.4, -0.2) is 17.1 Å². The van der Waals surface area contributed by atoms with Gasteiger partial charge in [0, 0.05) is 10.9 Å². The summed E-state index contributed by atoms with van der Waals surface area (Å²) in [6.07, 6.45) is 3.82. The minimum atomic E-state index is -0.735. The second-order valence-corrected chi connectivity index (χ2v) is 5.66. The van der Waals surface area contributed by atoms with Crippen LogP contribution < -0.4 is 5.32 Å². The molecule has 1 aromatic heterocycles. The largest absolute Gasteiger partial charge is 0.481 e. The molecule has 2 N–H and O–H groups in total. The Morgan fingerprint density at radius 3 is 2.88 bits per heavy atom. The standard InChI is InChI=1S/C13H19NO2S/c1-2-10(9-5-6-9)14-11(8-13(15)16)12-4-3-7-17-12/h3-4,7,9-11,14H,2,5-6,8H2,1H3,(H,15,16). The lowest BCUT2D eigenvalue weighted by Gasteiger charge is -2.23. The van der Waals surface area contributed by atoms with Gasteiger partial charge in [-0.2, -0.15) is 0 Å². The third kappa shape index (κ3) is 3.54. The van der Waals surface area contributed by atoms with E-state index in [2.05, 4.69) is 12.2 Å². The van der Waals surface area contributed by atoms with E-state index < -0.39 is 5.97 Å². The van der Waals surface area contributed by atoms with Crippen molar-refractivity contribution in [3.8, 4) is 0 Å². The van der Waals surface area contributed by atoms with Gasteiger partial charge in [0.2, 0.25) is 0 Å². The van der Waals surface area contributed by atoms with Crippen molar-refractivity contribution in [1.82, 2.24) is 5.32 Å². The fraction of sp³-hybridized carbons (Fsp3) is 0.615. The summed E-state index contributed by atoms with van der Waals surface area (Å²) in [6, 6.07) is 4.44. The van der Waals surface area contributed by atoms with Gasteiger partial charge in [0.05, 0.1) is 12.5 Å². The van der Waals surface area contributed by atoms with Gasteiger partial charge in [0.25, 0.3) is 0 Å². The number of hydrogen-bond acceptors (Lipinski definition) is 3. The molecule has 94 valence electrons. The van der Waals surface area contributed by atoms with Crippen molar-refractivity contribution in [3.05, 3.63) is 22.4 Å². The molecule has 2 rings (SSSR count). The SMILES string of the molecule is CCC(NC(CC(=O)O)c1cccs1)C1CC1. The molecule has 1 heterocycles. The molecule has 1 aliphatic carbocycles. The van der Waals surface area contributed by atoms with Gasteiger partial charge < -0.3 is 10.4 Å². The molecule has 17 heavy (non-hydrogen) atoms. The van der Waals surface area contributed by atoms with E-state index >= 15 is 0 Å². The minimum absolute atomic E-state index is 0.0296. The highest BCUT2D eigenvalue weighted by Crippen LogP contribution is 2.35. The van der Waals surface area contributed by atoms with E-state index in [1.54, 1.807) is 11.3 Å². The Labute approximate surface area is 106 Å². The third-order valence-corrected chi connectivity index (χ3v) is 4.30. The molecule has 4 heteroatoms. The second-order valence-electron chi connectivity index (χ2n) is 4.68. The van der Waals surface area contributed by atoms with Crippen molar-refractivity contribution in [2.75, 3.05) is 0 Å². The molecule has 1 aromatic rings. The Bertz CT molecular complexity index is 360. The zero-order valence-corrected chi connectivity index (χ0v) is 10.9. The third-order valence-electron chi connectivity index (χ3n) is 3.31. The summed E-state index contributed by atoms with van der Waals surface area (Å²) in [5, 5.41) is 14.5. The van der Waals surface area contributed by atoms with E-state index in [0.29, 0.717) is 6.04 Å². The minimum Gasteiger partial charge on any atom is -0.481 e. The van der Waals surface area contributed by atoms with Crippen molar-refractivity contribution in [2.24, 2.45) is 5.92 Å². The molecule has 3 nitrogen and oxygen atoms in total. The molecule has 0 amide bonds. The Hall–Kier alpha value is -0.870. The molecule has 0 aliphatic heterocycles. The average molecular weight is 253 g/mol. The molecule has 2 unspecified atom stereocenters. The van der Waals surface area contributed by atoms with Crippen LogP contribution >= 0.6 is 11.3 Å². The highest BCUT2D eigenvalue weighted by Gasteiger charge is 2.32. The summed E-state index contributed by atoms with van der Waals surface area (Å²) < 4.78 is 0. The summed E-state index contributed by atoms with van der Waals surface area (Å²) in [7, 11) is 0. The molecule has 0 bridgehead atoms. The molecule has 1 fully saturated rings. The normalized spacial score (nSPS) is 18.9. The van der Waals surface area contributed by atoms with E-state index in [1.165, 1.54) is 12.8 Å². The summed E-state index contributed by atoms with van der Waals surface area (Å²) in [6.45, 7) is 2.17. The number of nitrogens with one attached hydrogen (secondary N) is 1. The van der Waals surface area contributed by atoms with Gasteiger partial charge in [-0.3, -0.25) is 4.79 Å². The Morgan fingerprint density at radius 1 is 1.65 bits per heavy atom. The number of hydrogen-bond donors (Lipinski definition) is 2. The van der Waals surface area contributed by atoms with Crippen LogP contribution in [0, 0.1) is 5.92 Å². The van der Waals surface area contributed by atoms with Gasteiger partial charge >= 0.3 is 5.97 Å². The van der Waals surface area contributed by atoms with E-state index in [9.17, 15) is 4.79 Å². The van der Waals surface area contributed by atoms with Gasteiger partial charge in [0.15, 0.2) is 0 Å². The quantitative estimate of drug-likeness (QED) is 0.785. The lowest BCUT2D eigenvalue weighted by molar-refractivity contribution is -0.137. The summed E-state index contributed by atoms with van der Waals surface area (Å²) in [5.74, 6) is 0.0257. The molecule has 0 saturated heterocycles. The molecular formula is C13H19NO2S. The van der Waals surface area contributed by atoms with Crippen LogP contribution in [0.4, 0.5) is 0 Å². The lowest BCUT2D eigenvalue weighted by Crippen LogP contribution is -2.34. The average Bonchev–Trinajstić information content (AvgIpc) is 2.98. The number of aliphatic carboxylic acids is 1. The van der Waals surface area contributed by atoms with Gasteiger partial charge in [-0.25, -0.2) is 0 Å². The molecule has 0 spiro atoms. The van der Waals surface area contributed by atoms with Gasteiger partial charge in [-0.05, 0) is 36.6 Å². The monoisotopic (exact) mass is 253 g/mol. The highest BCUT2D eigenvalue weighted by atomic mass is 32.1. The Kier molecular flexibility index (Phi) is 4.18. The molecular weight excluding hydrogens is 234 g/mol. The first kappa shape index (κ1) is 12.6. The zero-order chi connectivity index (χ0) is 12.3. The van der Waals surface area contributed by atoms with Crippen LogP contribution in [0.25, 0.3) is 0 Å². The summed E-state index contributed by atoms with van der Waals surface area (Å²) in [5.41, 5.74) is 0.